The molecule has 0 saturated heterocycles. The van der Waals surface area contributed by atoms with Crippen LogP contribution in [-0.2, 0) is 6.42 Å². The Balaban J connectivity index is 2.25. The normalized spacial score (nSPS) is 10.7. The Morgan fingerprint density at radius 2 is 1.95 bits per heavy atom. The summed E-state index contributed by atoms with van der Waals surface area (Å²) < 4.78 is 5.41. The number of hydrogen-bond acceptors (Lipinski definition) is 3. The Labute approximate surface area is 110 Å². The monoisotopic (exact) mass is 251 g/mol. The molecule has 1 N–H and O–H groups in total. The van der Waals surface area contributed by atoms with E-state index in [1.807, 2.05) is 36.4 Å². The van der Waals surface area contributed by atoms with Gasteiger partial charge in [-0.15, -0.1) is 6.58 Å². The van der Waals surface area contributed by atoms with E-state index in [0.29, 0.717) is 12.0 Å². The fourth-order valence-corrected chi connectivity index (χ4v) is 2.19. The molecule has 0 aliphatic rings. The molecule has 0 amide bonds. The first-order chi connectivity index (χ1) is 9.31. The minimum atomic E-state index is 0.211. The quantitative estimate of drug-likeness (QED) is 0.717. The van der Waals surface area contributed by atoms with Crippen LogP contribution in [0.3, 0.4) is 0 Å². The van der Waals surface area contributed by atoms with Gasteiger partial charge in [-0.25, -0.2) is 0 Å². The molecule has 0 fully saturated rings. The minimum Gasteiger partial charge on any atom is -0.508 e. The third kappa shape index (κ3) is 1.89. The van der Waals surface area contributed by atoms with Gasteiger partial charge in [0.1, 0.15) is 11.4 Å². The highest BCUT2D eigenvalue weighted by Crippen LogP contribution is 2.34. The molecule has 2 aromatic carbocycles. The fourth-order valence-electron chi connectivity index (χ4n) is 2.19. The number of allylic oxidation sites excluding steroid dienone is 1. The van der Waals surface area contributed by atoms with Crippen molar-refractivity contribution in [3.05, 3.63) is 60.7 Å². The van der Waals surface area contributed by atoms with Crippen LogP contribution in [0.2, 0.25) is 0 Å². The molecular weight excluding hydrogens is 238 g/mol. The second kappa shape index (κ2) is 4.61. The van der Waals surface area contributed by atoms with E-state index in [1.54, 1.807) is 12.1 Å². The molecule has 0 bridgehead atoms. The highest BCUT2D eigenvalue weighted by molar-refractivity contribution is 5.94. The van der Waals surface area contributed by atoms with Crippen LogP contribution in [0.4, 0.5) is 0 Å². The lowest BCUT2D eigenvalue weighted by Gasteiger charge is -2.01. The number of phenolic OH excluding ortho intramolecular Hbond substituents is 1. The molecule has 0 spiro atoms. The van der Waals surface area contributed by atoms with Gasteiger partial charge < -0.3 is 9.63 Å². The average Bonchev–Trinajstić information content (AvgIpc) is 2.87. The van der Waals surface area contributed by atoms with Crippen molar-refractivity contribution in [3.63, 3.8) is 0 Å². The van der Waals surface area contributed by atoms with Crippen molar-refractivity contribution in [3.8, 4) is 17.0 Å². The summed E-state index contributed by atoms with van der Waals surface area (Å²) in [6, 6.07) is 13.3. The predicted molar refractivity (Wildman–Crippen MR) is 75.0 cm³/mol. The van der Waals surface area contributed by atoms with Gasteiger partial charge in [-0.2, -0.15) is 0 Å². The van der Waals surface area contributed by atoms with Gasteiger partial charge in [-0.1, -0.05) is 41.6 Å². The number of nitrogens with zero attached hydrogens (tertiary/aromatic N) is 1. The van der Waals surface area contributed by atoms with Gasteiger partial charge in [0.2, 0.25) is 0 Å². The van der Waals surface area contributed by atoms with Gasteiger partial charge in [0.05, 0.1) is 5.39 Å². The maximum atomic E-state index is 9.88. The molecule has 0 aliphatic heterocycles. The summed E-state index contributed by atoms with van der Waals surface area (Å²) >= 11 is 0. The number of fused-ring (bicyclic) bond motifs is 1. The summed E-state index contributed by atoms with van der Waals surface area (Å²) in [6.07, 6.45) is 2.28. The van der Waals surface area contributed by atoms with Crippen molar-refractivity contribution in [1.29, 1.82) is 0 Å². The predicted octanol–water partition coefficient (Wildman–Crippen LogP) is 3.93. The molecule has 0 saturated carbocycles. The van der Waals surface area contributed by atoms with E-state index in [1.165, 1.54) is 0 Å². The summed E-state index contributed by atoms with van der Waals surface area (Å²) in [5, 5.41) is 14.9. The third-order valence-corrected chi connectivity index (χ3v) is 3.11. The van der Waals surface area contributed by atoms with E-state index < -0.39 is 0 Å². The maximum Gasteiger partial charge on any atom is 0.174 e. The summed E-state index contributed by atoms with van der Waals surface area (Å²) in [6.45, 7) is 3.70. The highest BCUT2D eigenvalue weighted by Gasteiger charge is 2.15. The maximum absolute atomic E-state index is 9.88. The van der Waals surface area contributed by atoms with Gasteiger partial charge in [0.25, 0.3) is 0 Å². The van der Waals surface area contributed by atoms with E-state index in [0.717, 1.165) is 22.2 Å². The smallest absolute Gasteiger partial charge is 0.174 e. The summed E-state index contributed by atoms with van der Waals surface area (Å²) in [5.41, 5.74) is 3.14. The second-order valence-corrected chi connectivity index (χ2v) is 4.33. The van der Waals surface area contributed by atoms with Gasteiger partial charge >= 0.3 is 0 Å². The molecule has 0 unspecified atom stereocenters. The van der Waals surface area contributed by atoms with Crippen molar-refractivity contribution in [2.75, 3.05) is 0 Å². The second-order valence-electron chi connectivity index (χ2n) is 4.33. The lowest BCUT2D eigenvalue weighted by atomic mass is 10.0. The lowest BCUT2D eigenvalue weighted by Crippen LogP contribution is -1.84. The van der Waals surface area contributed by atoms with Crippen LogP contribution in [-0.4, -0.2) is 10.3 Å². The van der Waals surface area contributed by atoms with Gasteiger partial charge in [0, 0.05) is 11.1 Å². The van der Waals surface area contributed by atoms with Crippen LogP contribution < -0.4 is 0 Å². The van der Waals surface area contributed by atoms with Crippen LogP contribution in [0.25, 0.3) is 22.2 Å². The summed E-state index contributed by atoms with van der Waals surface area (Å²) in [5.74, 6) is 0.211. The van der Waals surface area contributed by atoms with E-state index >= 15 is 0 Å². The van der Waals surface area contributed by atoms with Crippen molar-refractivity contribution in [2.45, 2.75) is 6.42 Å². The molecule has 1 heterocycles. The van der Waals surface area contributed by atoms with E-state index in [9.17, 15) is 5.11 Å². The lowest BCUT2D eigenvalue weighted by molar-refractivity contribution is 0.446. The summed E-state index contributed by atoms with van der Waals surface area (Å²) in [7, 11) is 0. The van der Waals surface area contributed by atoms with E-state index in [4.69, 9.17) is 4.52 Å². The van der Waals surface area contributed by atoms with Crippen LogP contribution in [0, 0.1) is 0 Å². The van der Waals surface area contributed by atoms with Crippen LogP contribution in [0.1, 0.15) is 5.56 Å². The Bertz CT molecular complexity index is 729. The van der Waals surface area contributed by atoms with E-state index in [2.05, 4.69) is 11.7 Å². The van der Waals surface area contributed by atoms with Crippen LogP contribution in [0.15, 0.2) is 59.6 Å². The molecular formula is C16H13NO2. The van der Waals surface area contributed by atoms with Crippen LogP contribution >= 0.6 is 0 Å². The van der Waals surface area contributed by atoms with Crippen molar-refractivity contribution < 1.29 is 9.63 Å². The molecule has 0 radical (unpaired) electrons. The fraction of sp³-hybridized carbons (Fsp3) is 0.0625. The summed E-state index contributed by atoms with van der Waals surface area (Å²) in [4.78, 5) is 0. The Morgan fingerprint density at radius 1 is 1.16 bits per heavy atom. The average molecular weight is 251 g/mol. The molecule has 1 aromatic heterocycles. The zero-order valence-corrected chi connectivity index (χ0v) is 10.3. The molecule has 3 rings (SSSR count). The molecule has 0 atom stereocenters. The number of aromatic hydroxyl groups is 1. The first-order valence-electron chi connectivity index (χ1n) is 6.08. The van der Waals surface area contributed by atoms with E-state index in [-0.39, 0.29) is 5.75 Å². The van der Waals surface area contributed by atoms with Gasteiger partial charge in [-0.3, -0.25) is 0 Å². The number of rotatable bonds is 3. The number of benzene rings is 2. The Hall–Kier alpha value is -2.55. The SMILES string of the molecule is C=CCc1c(O)ccc2c(-c3ccccc3)noc12. The number of aromatic nitrogens is 1. The Morgan fingerprint density at radius 3 is 2.68 bits per heavy atom. The first-order valence-corrected chi connectivity index (χ1v) is 6.08. The van der Waals surface area contributed by atoms with Crippen LogP contribution in [0.5, 0.6) is 5.75 Å². The molecule has 3 aromatic rings. The standard InChI is InChI=1S/C16H13NO2/c1-2-6-12-14(18)10-9-13-15(17-19-16(12)13)11-7-4-3-5-8-11/h2-5,7-10,18H,1,6H2. The topological polar surface area (TPSA) is 46.3 Å². The number of hydrogen-bond donors (Lipinski definition) is 1. The van der Waals surface area contributed by atoms with Gasteiger partial charge in [0.15, 0.2) is 5.58 Å². The number of phenols is 1. The Kier molecular flexibility index (Phi) is 2.80. The first kappa shape index (κ1) is 11.5. The van der Waals surface area contributed by atoms with Crippen molar-refractivity contribution >= 4 is 11.0 Å². The molecule has 19 heavy (non-hydrogen) atoms. The minimum absolute atomic E-state index is 0.211. The zero-order valence-electron chi connectivity index (χ0n) is 10.3. The molecule has 3 nitrogen and oxygen atoms in total. The molecule has 3 heteroatoms. The molecule has 94 valence electrons. The van der Waals surface area contributed by atoms with Crippen molar-refractivity contribution in [1.82, 2.24) is 5.16 Å². The van der Waals surface area contributed by atoms with Crippen molar-refractivity contribution in [2.24, 2.45) is 0 Å². The molecule has 0 aliphatic carbocycles. The largest absolute Gasteiger partial charge is 0.508 e. The zero-order chi connectivity index (χ0) is 13.2. The third-order valence-electron chi connectivity index (χ3n) is 3.11. The highest BCUT2D eigenvalue weighted by atomic mass is 16.5. The van der Waals surface area contributed by atoms with Gasteiger partial charge in [-0.05, 0) is 18.6 Å².